The van der Waals surface area contributed by atoms with E-state index < -0.39 is 23.0 Å². The molecule has 0 unspecified atom stereocenters. The van der Waals surface area contributed by atoms with Crippen LogP contribution in [0.1, 0.15) is 23.7 Å². The topological polar surface area (TPSA) is 17.1 Å². The molecule has 0 saturated heterocycles. The summed E-state index contributed by atoms with van der Waals surface area (Å²) in [5.74, 6) is 2.58. The SMILES string of the molecule is CC#CCC(=O)c1c(F)cc(Br)cc1F. The third-order valence-corrected chi connectivity index (χ3v) is 2.17. The van der Waals surface area contributed by atoms with Crippen molar-refractivity contribution in [2.45, 2.75) is 13.3 Å². The largest absolute Gasteiger partial charge is 0.293 e. The van der Waals surface area contributed by atoms with Crippen LogP contribution in [0, 0.1) is 23.5 Å². The Kier molecular flexibility index (Phi) is 3.98. The molecule has 0 radical (unpaired) electrons. The lowest BCUT2D eigenvalue weighted by atomic mass is 10.1. The smallest absolute Gasteiger partial charge is 0.180 e. The van der Waals surface area contributed by atoms with Crippen molar-refractivity contribution in [1.82, 2.24) is 0 Å². The molecule has 0 aliphatic carbocycles. The molecule has 0 aromatic heterocycles. The number of ketones is 1. The quantitative estimate of drug-likeness (QED) is 0.596. The van der Waals surface area contributed by atoms with Gasteiger partial charge in [-0.15, -0.1) is 5.92 Å². The normalized spacial score (nSPS) is 9.33. The molecule has 0 aliphatic heterocycles. The highest BCUT2D eigenvalue weighted by atomic mass is 79.9. The summed E-state index contributed by atoms with van der Waals surface area (Å²) in [4.78, 5) is 11.4. The average Bonchev–Trinajstić information content (AvgIpc) is 2.12. The van der Waals surface area contributed by atoms with Crippen molar-refractivity contribution in [3.63, 3.8) is 0 Å². The maximum Gasteiger partial charge on any atom is 0.180 e. The first kappa shape index (κ1) is 11.9. The van der Waals surface area contributed by atoms with Crippen molar-refractivity contribution in [3.05, 3.63) is 33.8 Å². The van der Waals surface area contributed by atoms with E-state index in [1.54, 1.807) is 6.92 Å². The van der Waals surface area contributed by atoms with Gasteiger partial charge in [-0.3, -0.25) is 4.79 Å². The Morgan fingerprint density at radius 3 is 2.40 bits per heavy atom. The van der Waals surface area contributed by atoms with E-state index in [1.807, 2.05) is 0 Å². The molecule has 0 bridgehead atoms. The van der Waals surface area contributed by atoms with E-state index in [9.17, 15) is 13.6 Å². The summed E-state index contributed by atoms with van der Waals surface area (Å²) in [7, 11) is 0. The molecule has 0 saturated carbocycles. The van der Waals surface area contributed by atoms with Crippen molar-refractivity contribution in [2.75, 3.05) is 0 Å². The van der Waals surface area contributed by atoms with Gasteiger partial charge in [0.1, 0.15) is 11.6 Å². The van der Waals surface area contributed by atoms with E-state index in [0.717, 1.165) is 12.1 Å². The molecule has 0 aliphatic rings. The molecule has 1 aromatic rings. The predicted octanol–water partition coefficient (Wildman–Crippen LogP) is 3.32. The minimum absolute atomic E-state index is 0.175. The fourth-order valence-electron chi connectivity index (χ4n) is 1.07. The number of carbonyl (C=O) groups excluding carboxylic acids is 1. The van der Waals surface area contributed by atoms with Crippen molar-refractivity contribution in [1.29, 1.82) is 0 Å². The predicted molar refractivity (Wildman–Crippen MR) is 56.5 cm³/mol. The minimum Gasteiger partial charge on any atom is -0.293 e. The molecule has 0 atom stereocenters. The monoisotopic (exact) mass is 272 g/mol. The number of carbonyl (C=O) groups is 1. The Hall–Kier alpha value is -1.21. The molecule has 0 amide bonds. The van der Waals surface area contributed by atoms with Gasteiger partial charge in [0, 0.05) is 4.47 Å². The van der Waals surface area contributed by atoms with Gasteiger partial charge in [-0.05, 0) is 19.1 Å². The fourth-order valence-corrected chi connectivity index (χ4v) is 1.47. The molecule has 1 aromatic carbocycles. The summed E-state index contributed by atoms with van der Waals surface area (Å²) in [6, 6.07) is 2.10. The van der Waals surface area contributed by atoms with Crippen LogP contribution in [-0.4, -0.2) is 5.78 Å². The van der Waals surface area contributed by atoms with E-state index in [-0.39, 0.29) is 10.9 Å². The second-order valence-corrected chi connectivity index (χ2v) is 3.69. The van der Waals surface area contributed by atoms with Gasteiger partial charge in [-0.25, -0.2) is 8.78 Å². The molecule has 78 valence electrons. The van der Waals surface area contributed by atoms with Gasteiger partial charge >= 0.3 is 0 Å². The summed E-state index contributed by atoms with van der Waals surface area (Å²) in [6.07, 6.45) is -0.175. The molecule has 0 spiro atoms. The Labute approximate surface area is 94.6 Å². The lowest BCUT2D eigenvalue weighted by Gasteiger charge is -2.02. The zero-order chi connectivity index (χ0) is 11.4. The number of halogens is 3. The zero-order valence-electron chi connectivity index (χ0n) is 7.90. The summed E-state index contributed by atoms with van der Waals surface area (Å²) < 4.78 is 26.8. The first-order valence-electron chi connectivity index (χ1n) is 4.13. The highest BCUT2D eigenvalue weighted by Crippen LogP contribution is 2.20. The van der Waals surface area contributed by atoms with E-state index in [1.165, 1.54) is 0 Å². The molecule has 0 fully saturated rings. The number of hydrogen-bond acceptors (Lipinski definition) is 1. The lowest BCUT2D eigenvalue weighted by molar-refractivity contribution is 0.0990. The second-order valence-electron chi connectivity index (χ2n) is 2.77. The van der Waals surface area contributed by atoms with Crippen LogP contribution in [0.3, 0.4) is 0 Å². The van der Waals surface area contributed by atoms with Crippen LogP contribution in [0.5, 0.6) is 0 Å². The molecule has 1 nitrogen and oxygen atoms in total. The van der Waals surface area contributed by atoms with Crippen LogP contribution in [-0.2, 0) is 0 Å². The molecule has 4 heteroatoms. The first-order valence-corrected chi connectivity index (χ1v) is 4.93. The third kappa shape index (κ3) is 2.87. The standard InChI is InChI=1S/C11H7BrF2O/c1-2-3-4-10(15)11-8(13)5-7(12)6-9(11)14/h5-6H,4H2,1H3. The highest BCUT2D eigenvalue weighted by Gasteiger charge is 2.17. The Balaban J connectivity index is 3.12. The number of benzene rings is 1. The van der Waals surface area contributed by atoms with Gasteiger partial charge in [0.25, 0.3) is 0 Å². The van der Waals surface area contributed by atoms with Crippen LogP contribution < -0.4 is 0 Å². The Bertz CT molecular complexity index is 434. The van der Waals surface area contributed by atoms with Crippen LogP contribution in [0.2, 0.25) is 0 Å². The van der Waals surface area contributed by atoms with Gasteiger partial charge in [0.15, 0.2) is 5.78 Å². The van der Waals surface area contributed by atoms with Gasteiger partial charge in [0.2, 0.25) is 0 Å². The van der Waals surface area contributed by atoms with Crippen molar-refractivity contribution in [3.8, 4) is 11.8 Å². The maximum absolute atomic E-state index is 13.2. The lowest BCUT2D eigenvalue weighted by Crippen LogP contribution is -2.05. The van der Waals surface area contributed by atoms with Crippen molar-refractivity contribution in [2.24, 2.45) is 0 Å². The average molecular weight is 273 g/mol. The van der Waals surface area contributed by atoms with Crippen molar-refractivity contribution >= 4 is 21.7 Å². The highest BCUT2D eigenvalue weighted by molar-refractivity contribution is 9.10. The minimum atomic E-state index is -0.871. The van der Waals surface area contributed by atoms with E-state index in [2.05, 4.69) is 27.8 Å². The molecular formula is C11H7BrF2O. The summed E-state index contributed by atoms with van der Waals surface area (Å²) in [6.45, 7) is 1.56. The molecule has 1 rings (SSSR count). The van der Waals surface area contributed by atoms with Crippen LogP contribution in [0.25, 0.3) is 0 Å². The molecule has 15 heavy (non-hydrogen) atoms. The molecular weight excluding hydrogens is 266 g/mol. The zero-order valence-corrected chi connectivity index (χ0v) is 9.49. The fraction of sp³-hybridized carbons (Fsp3) is 0.182. The van der Waals surface area contributed by atoms with E-state index >= 15 is 0 Å². The summed E-state index contributed by atoms with van der Waals surface area (Å²) in [5.41, 5.74) is -0.527. The molecule has 0 N–H and O–H groups in total. The third-order valence-electron chi connectivity index (χ3n) is 1.71. The van der Waals surface area contributed by atoms with Gasteiger partial charge < -0.3 is 0 Å². The van der Waals surface area contributed by atoms with E-state index in [0.29, 0.717) is 0 Å². The Morgan fingerprint density at radius 1 is 1.40 bits per heavy atom. The van der Waals surface area contributed by atoms with Gasteiger partial charge in [-0.1, -0.05) is 21.9 Å². The number of rotatable bonds is 2. The maximum atomic E-state index is 13.2. The van der Waals surface area contributed by atoms with Gasteiger partial charge in [-0.2, -0.15) is 0 Å². The summed E-state index contributed by atoms with van der Waals surface area (Å²) >= 11 is 2.93. The summed E-state index contributed by atoms with van der Waals surface area (Å²) in [5, 5.41) is 0. The van der Waals surface area contributed by atoms with Crippen LogP contribution in [0.4, 0.5) is 8.78 Å². The first-order chi connectivity index (χ1) is 7.06. The van der Waals surface area contributed by atoms with Crippen LogP contribution in [0.15, 0.2) is 16.6 Å². The number of Topliss-reactive ketones (excluding diaryl/α,β-unsaturated/α-hetero) is 1. The van der Waals surface area contributed by atoms with E-state index in [4.69, 9.17) is 0 Å². The Morgan fingerprint density at radius 2 is 1.93 bits per heavy atom. The van der Waals surface area contributed by atoms with Crippen molar-refractivity contribution < 1.29 is 13.6 Å². The molecule has 0 heterocycles. The van der Waals surface area contributed by atoms with Crippen LogP contribution >= 0.6 is 15.9 Å². The van der Waals surface area contributed by atoms with Gasteiger partial charge in [0.05, 0.1) is 12.0 Å². The second kappa shape index (κ2) is 5.04. The number of hydrogen-bond donors (Lipinski definition) is 0.